The minimum atomic E-state index is -0.111. The van der Waals surface area contributed by atoms with E-state index in [1.807, 2.05) is 12.3 Å². The largest absolute Gasteiger partial charge is 0.378 e. The summed E-state index contributed by atoms with van der Waals surface area (Å²) in [6.45, 7) is 6.77. The predicted octanol–water partition coefficient (Wildman–Crippen LogP) is 0.854. The lowest BCUT2D eigenvalue weighted by atomic mass is 9.96. The van der Waals surface area contributed by atoms with Crippen LogP contribution in [0, 0.1) is 5.92 Å². The highest BCUT2D eigenvalue weighted by molar-refractivity contribution is 7.13. The highest BCUT2D eigenvalue weighted by Crippen LogP contribution is 2.22. The van der Waals surface area contributed by atoms with Crippen LogP contribution in [0.15, 0.2) is 5.38 Å². The maximum atomic E-state index is 12.3. The number of hydrogen-bond donors (Lipinski definition) is 1. The lowest BCUT2D eigenvalue weighted by molar-refractivity contribution is -0.138. The average molecular weight is 352 g/mol. The van der Waals surface area contributed by atoms with Crippen molar-refractivity contribution in [3.05, 3.63) is 11.1 Å². The van der Waals surface area contributed by atoms with Crippen molar-refractivity contribution in [1.82, 2.24) is 15.2 Å². The number of nitrogens with one attached hydrogen (secondary N) is 1. The van der Waals surface area contributed by atoms with Crippen molar-refractivity contribution in [2.24, 2.45) is 5.92 Å². The van der Waals surface area contributed by atoms with Crippen LogP contribution in [-0.4, -0.2) is 61.1 Å². The third-order valence-electron chi connectivity index (χ3n) is 4.52. The highest BCUT2D eigenvalue weighted by atomic mass is 32.1. The monoisotopic (exact) mass is 352 g/mol. The minimum Gasteiger partial charge on any atom is -0.378 e. The molecule has 24 heavy (non-hydrogen) atoms. The van der Waals surface area contributed by atoms with Crippen molar-refractivity contribution >= 4 is 28.3 Å². The number of amides is 2. The molecule has 1 N–H and O–H groups in total. The molecule has 2 aliphatic rings. The molecule has 0 aromatic carbocycles. The van der Waals surface area contributed by atoms with Crippen LogP contribution < -0.4 is 10.2 Å². The van der Waals surface area contributed by atoms with Crippen molar-refractivity contribution in [1.29, 1.82) is 0 Å². The molecule has 1 aromatic rings. The summed E-state index contributed by atoms with van der Waals surface area (Å²) in [6.07, 6.45) is 1.10. The third kappa shape index (κ3) is 4.05. The second-order valence-electron chi connectivity index (χ2n) is 6.11. The van der Waals surface area contributed by atoms with Crippen LogP contribution in [0.5, 0.6) is 0 Å². The first kappa shape index (κ1) is 17.2. The average Bonchev–Trinajstić information content (AvgIpc) is 3.10. The van der Waals surface area contributed by atoms with Gasteiger partial charge in [-0.25, -0.2) is 4.98 Å². The summed E-state index contributed by atoms with van der Waals surface area (Å²) in [5.41, 5.74) is 0.883. The van der Waals surface area contributed by atoms with Crippen molar-refractivity contribution in [3.8, 4) is 0 Å². The van der Waals surface area contributed by atoms with Crippen LogP contribution in [0.4, 0.5) is 5.13 Å². The minimum absolute atomic E-state index is 0.0156. The molecule has 1 atom stereocenters. The van der Waals surface area contributed by atoms with E-state index in [0.717, 1.165) is 37.1 Å². The fourth-order valence-corrected chi connectivity index (χ4v) is 3.91. The lowest BCUT2D eigenvalue weighted by Crippen LogP contribution is -2.45. The number of piperidine rings is 1. The number of carbonyl (C=O) groups is 2. The van der Waals surface area contributed by atoms with Gasteiger partial charge in [0.15, 0.2) is 5.13 Å². The summed E-state index contributed by atoms with van der Waals surface area (Å²) in [6, 6.07) is 0. The summed E-state index contributed by atoms with van der Waals surface area (Å²) >= 11 is 1.60. The molecule has 1 aromatic heterocycles. The SMILES string of the molecule is CCN1C[C@H](C(=O)NCc2csc(N3CCOCC3)n2)CCC1=O. The molecule has 2 amide bonds. The summed E-state index contributed by atoms with van der Waals surface area (Å²) in [5, 5.41) is 5.95. The van der Waals surface area contributed by atoms with E-state index in [0.29, 0.717) is 32.5 Å². The van der Waals surface area contributed by atoms with E-state index in [4.69, 9.17) is 4.74 Å². The Bertz CT molecular complexity index is 586. The van der Waals surface area contributed by atoms with Crippen LogP contribution in [0.3, 0.4) is 0 Å². The maximum Gasteiger partial charge on any atom is 0.225 e. The molecule has 8 heteroatoms. The molecule has 132 valence electrons. The van der Waals surface area contributed by atoms with E-state index in [9.17, 15) is 9.59 Å². The molecule has 2 aliphatic heterocycles. The van der Waals surface area contributed by atoms with E-state index < -0.39 is 0 Å². The molecule has 0 saturated carbocycles. The molecule has 0 aliphatic carbocycles. The first-order valence-electron chi connectivity index (χ1n) is 8.50. The van der Waals surface area contributed by atoms with Crippen molar-refractivity contribution in [3.63, 3.8) is 0 Å². The molecule has 0 spiro atoms. The highest BCUT2D eigenvalue weighted by Gasteiger charge is 2.29. The molecule has 3 heterocycles. The standard InChI is InChI=1S/C16H24N4O3S/c1-2-19-10-12(3-4-14(19)21)15(22)17-9-13-11-24-16(18-13)20-5-7-23-8-6-20/h11-12H,2-10H2,1H3,(H,17,22)/t12-/m1/s1. The van der Waals surface area contributed by atoms with Crippen molar-refractivity contribution < 1.29 is 14.3 Å². The summed E-state index contributed by atoms with van der Waals surface area (Å²) in [7, 11) is 0. The topological polar surface area (TPSA) is 74.8 Å². The Kier molecular flexibility index (Phi) is 5.68. The first-order valence-corrected chi connectivity index (χ1v) is 9.38. The second kappa shape index (κ2) is 7.94. The van der Waals surface area contributed by atoms with Crippen molar-refractivity contribution in [2.75, 3.05) is 44.3 Å². The van der Waals surface area contributed by atoms with Gasteiger partial charge in [0.25, 0.3) is 0 Å². The molecule has 0 bridgehead atoms. The third-order valence-corrected chi connectivity index (χ3v) is 5.47. The van der Waals surface area contributed by atoms with Gasteiger partial charge in [-0.05, 0) is 13.3 Å². The second-order valence-corrected chi connectivity index (χ2v) is 6.94. The number of carbonyl (C=O) groups excluding carboxylic acids is 2. The van der Waals surface area contributed by atoms with Crippen molar-refractivity contribution in [2.45, 2.75) is 26.3 Å². The molecule has 2 fully saturated rings. The van der Waals surface area contributed by atoms with Gasteiger partial charge < -0.3 is 19.9 Å². The predicted molar refractivity (Wildman–Crippen MR) is 92.0 cm³/mol. The van der Waals surface area contributed by atoms with Crippen LogP contribution in [-0.2, 0) is 20.9 Å². The Labute approximate surface area is 146 Å². The number of aromatic nitrogens is 1. The van der Waals surface area contributed by atoms with Gasteiger partial charge in [-0.1, -0.05) is 0 Å². The van der Waals surface area contributed by atoms with Gasteiger partial charge >= 0.3 is 0 Å². The fourth-order valence-electron chi connectivity index (χ4n) is 3.03. The molecule has 2 saturated heterocycles. The van der Waals surface area contributed by atoms with Gasteiger partial charge in [0.2, 0.25) is 11.8 Å². The Hall–Kier alpha value is -1.67. The number of nitrogens with zero attached hydrogens (tertiary/aromatic N) is 3. The van der Waals surface area contributed by atoms with E-state index in [2.05, 4.69) is 15.2 Å². The number of ether oxygens (including phenoxy) is 1. The number of anilines is 1. The Balaban J connectivity index is 1.49. The molecular formula is C16H24N4O3S. The van der Waals surface area contributed by atoms with E-state index in [1.165, 1.54) is 0 Å². The molecule has 0 unspecified atom stereocenters. The number of rotatable bonds is 5. The number of thiazole rings is 1. The summed E-state index contributed by atoms with van der Waals surface area (Å²) in [4.78, 5) is 32.6. The maximum absolute atomic E-state index is 12.3. The summed E-state index contributed by atoms with van der Waals surface area (Å²) < 4.78 is 5.35. The lowest BCUT2D eigenvalue weighted by Gasteiger charge is -2.30. The van der Waals surface area contributed by atoms with Gasteiger partial charge in [0.1, 0.15) is 0 Å². The van der Waals surface area contributed by atoms with Gasteiger partial charge in [-0.2, -0.15) is 0 Å². The number of hydrogen-bond acceptors (Lipinski definition) is 6. The van der Waals surface area contributed by atoms with E-state index >= 15 is 0 Å². The zero-order valence-electron chi connectivity index (χ0n) is 14.0. The van der Waals surface area contributed by atoms with Crippen LogP contribution in [0.25, 0.3) is 0 Å². The molecule has 7 nitrogen and oxygen atoms in total. The van der Waals surface area contributed by atoms with Gasteiger partial charge in [-0.15, -0.1) is 11.3 Å². The van der Waals surface area contributed by atoms with E-state index in [1.54, 1.807) is 16.2 Å². The normalized spacial score (nSPS) is 21.9. The van der Waals surface area contributed by atoms with Gasteiger partial charge in [0.05, 0.1) is 31.4 Å². The molecular weight excluding hydrogens is 328 g/mol. The summed E-state index contributed by atoms with van der Waals surface area (Å²) in [5.74, 6) is 0.0538. The molecule has 0 radical (unpaired) electrons. The van der Waals surface area contributed by atoms with Gasteiger partial charge in [-0.3, -0.25) is 9.59 Å². The van der Waals surface area contributed by atoms with Gasteiger partial charge in [0, 0.05) is 38.0 Å². The number of likely N-dealkylation sites (tertiary alicyclic amines) is 1. The van der Waals surface area contributed by atoms with Crippen LogP contribution >= 0.6 is 11.3 Å². The zero-order chi connectivity index (χ0) is 16.9. The Morgan fingerprint density at radius 1 is 1.46 bits per heavy atom. The Morgan fingerprint density at radius 2 is 2.25 bits per heavy atom. The quantitative estimate of drug-likeness (QED) is 0.851. The number of morpholine rings is 1. The van der Waals surface area contributed by atoms with Crippen LogP contribution in [0.1, 0.15) is 25.5 Å². The zero-order valence-corrected chi connectivity index (χ0v) is 14.8. The Morgan fingerprint density at radius 3 is 3.00 bits per heavy atom. The molecule has 3 rings (SSSR count). The fraction of sp³-hybridized carbons (Fsp3) is 0.688. The van der Waals surface area contributed by atoms with E-state index in [-0.39, 0.29) is 17.7 Å². The smallest absolute Gasteiger partial charge is 0.225 e. The van der Waals surface area contributed by atoms with Crippen LogP contribution in [0.2, 0.25) is 0 Å². The first-order chi connectivity index (χ1) is 11.7.